The first-order chi connectivity index (χ1) is 16.2. The summed E-state index contributed by atoms with van der Waals surface area (Å²) in [5.41, 5.74) is -1.09. The third-order valence-corrected chi connectivity index (χ3v) is 6.41. The molecule has 0 saturated heterocycles. The van der Waals surface area contributed by atoms with E-state index < -0.39 is 45.6 Å². The van der Waals surface area contributed by atoms with Crippen molar-refractivity contribution in [2.75, 3.05) is 0 Å². The number of aliphatic hydroxyl groups is 1. The van der Waals surface area contributed by atoms with Gasteiger partial charge in [0.1, 0.15) is 5.78 Å². The fraction of sp³-hybridized carbons (Fsp3) is 0.222. The molecule has 4 atom stereocenters. The number of Topliss-reactive ketones (excluding diaryl/α,β-unsaturated/α-hetero) is 3. The summed E-state index contributed by atoms with van der Waals surface area (Å²) < 4.78 is 0. The number of ketones is 3. The van der Waals surface area contributed by atoms with E-state index in [4.69, 9.17) is 0 Å². The molecule has 0 amide bonds. The first-order valence-electron chi connectivity index (χ1n) is 10.9. The second kappa shape index (κ2) is 9.11. The average Bonchev–Trinajstić information content (AvgIpc) is 2.83. The van der Waals surface area contributed by atoms with Crippen molar-refractivity contribution in [2.24, 2.45) is 11.8 Å². The van der Waals surface area contributed by atoms with Gasteiger partial charge < -0.3 is 5.11 Å². The molecule has 1 fully saturated rings. The molecule has 1 aliphatic rings. The normalized spacial score (nSPS) is 24.4. The summed E-state index contributed by atoms with van der Waals surface area (Å²) in [5, 5.41) is 22.8. The monoisotopic (exact) mass is 457 g/mol. The van der Waals surface area contributed by atoms with Crippen molar-refractivity contribution in [2.45, 2.75) is 24.9 Å². The van der Waals surface area contributed by atoms with Crippen LogP contribution < -0.4 is 0 Å². The van der Waals surface area contributed by atoms with Crippen molar-refractivity contribution in [3.05, 3.63) is 112 Å². The number of non-ortho nitro benzene ring substituents is 1. The number of carbonyl (C=O) groups excluding carboxylic acids is 3. The van der Waals surface area contributed by atoms with Crippen molar-refractivity contribution >= 4 is 23.0 Å². The Hall–Kier alpha value is -3.97. The highest BCUT2D eigenvalue weighted by molar-refractivity contribution is 6.13. The predicted octanol–water partition coefficient (Wildman–Crippen LogP) is 4.40. The van der Waals surface area contributed by atoms with Crippen molar-refractivity contribution in [1.29, 1.82) is 0 Å². The molecule has 4 rings (SSSR count). The Morgan fingerprint density at radius 3 is 2.03 bits per heavy atom. The van der Waals surface area contributed by atoms with Crippen LogP contribution in [0.15, 0.2) is 84.9 Å². The quantitative estimate of drug-likeness (QED) is 0.254. The largest absolute Gasteiger partial charge is 0.389 e. The number of hydrogen-bond acceptors (Lipinski definition) is 6. The van der Waals surface area contributed by atoms with E-state index in [2.05, 4.69) is 0 Å². The molecule has 34 heavy (non-hydrogen) atoms. The Balaban J connectivity index is 1.92. The summed E-state index contributed by atoms with van der Waals surface area (Å²) in [6.07, 6.45) is -0.384. The molecular formula is C27H23NO6. The Bertz CT molecular complexity index is 1250. The SMILES string of the molecule is C[C@@]1(O)CC(=O)[C@@H](C(=O)c2ccccc2)[C@@H](c2cccc([N+](=O)[O-])c2)[C@@H]1C(=O)c1ccccc1. The van der Waals surface area contributed by atoms with Gasteiger partial charge in [0, 0.05) is 35.6 Å². The van der Waals surface area contributed by atoms with Crippen molar-refractivity contribution in [3.63, 3.8) is 0 Å². The van der Waals surface area contributed by atoms with Gasteiger partial charge in [0.15, 0.2) is 11.6 Å². The average molecular weight is 457 g/mol. The second-order valence-electron chi connectivity index (χ2n) is 8.79. The molecule has 0 aliphatic heterocycles. The standard InChI is InChI=1S/C27H23NO6/c1-27(32)16-21(29)23(25(30)17-9-4-2-5-10-17)22(19-13-8-14-20(15-19)28(33)34)24(27)26(31)18-11-6-3-7-12-18/h2-15,22-24,32H,16H2,1H3/t22-,23-,24-,27-/m1/s1. The Kier molecular flexibility index (Phi) is 6.22. The molecule has 0 spiro atoms. The third-order valence-electron chi connectivity index (χ3n) is 6.41. The molecule has 0 heterocycles. The van der Waals surface area contributed by atoms with Gasteiger partial charge in [-0.3, -0.25) is 24.5 Å². The molecule has 7 nitrogen and oxygen atoms in total. The zero-order chi connectivity index (χ0) is 24.5. The van der Waals surface area contributed by atoms with Gasteiger partial charge in [-0.05, 0) is 12.5 Å². The lowest BCUT2D eigenvalue weighted by Gasteiger charge is -2.44. The summed E-state index contributed by atoms with van der Waals surface area (Å²) in [6.45, 7) is 1.41. The van der Waals surface area contributed by atoms with Crippen LogP contribution in [0.4, 0.5) is 5.69 Å². The fourth-order valence-corrected chi connectivity index (χ4v) is 4.90. The molecule has 1 aliphatic carbocycles. The molecule has 3 aromatic carbocycles. The van der Waals surface area contributed by atoms with Crippen molar-refractivity contribution in [3.8, 4) is 0 Å². The molecular weight excluding hydrogens is 434 g/mol. The van der Waals surface area contributed by atoms with Gasteiger partial charge in [-0.15, -0.1) is 0 Å². The number of nitro groups is 1. The molecule has 172 valence electrons. The minimum atomic E-state index is -1.76. The molecule has 0 unspecified atom stereocenters. The minimum Gasteiger partial charge on any atom is -0.389 e. The maximum Gasteiger partial charge on any atom is 0.269 e. The molecule has 0 bridgehead atoms. The maximum atomic E-state index is 13.7. The maximum absolute atomic E-state index is 13.7. The first-order valence-corrected chi connectivity index (χ1v) is 10.9. The van der Waals surface area contributed by atoms with Crippen molar-refractivity contribution in [1.82, 2.24) is 0 Å². The van der Waals surface area contributed by atoms with Crippen LogP contribution in [-0.4, -0.2) is 33.0 Å². The number of nitro benzene ring substituents is 1. The van der Waals surface area contributed by atoms with Crippen molar-refractivity contribution < 1.29 is 24.4 Å². The van der Waals surface area contributed by atoms with Crippen LogP contribution in [0.25, 0.3) is 0 Å². The topological polar surface area (TPSA) is 115 Å². The number of benzene rings is 3. The minimum absolute atomic E-state index is 0.230. The second-order valence-corrected chi connectivity index (χ2v) is 8.79. The van der Waals surface area contributed by atoms with Crippen LogP contribution in [0, 0.1) is 22.0 Å². The van der Waals surface area contributed by atoms with Gasteiger partial charge in [0.25, 0.3) is 5.69 Å². The van der Waals surface area contributed by atoms with Gasteiger partial charge >= 0.3 is 0 Å². The number of hydrogen-bond donors (Lipinski definition) is 1. The molecule has 0 radical (unpaired) electrons. The van der Waals surface area contributed by atoms with Crippen LogP contribution in [0.2, 0.25) is 0 Å². The molecule has 3 aromatic rings. The van der Waals surface area contributed by atoms with Crippen LogP contribution in [0.3, 0.4) is 0 Å². The molecule has 0 aromatic heterocycles. The molecule has 1 N–H and O–H groups in total. The van der Waals surface area contributed by atoms with Gasteiger partial charge in [-0.2, -0.15) is 0 Å². The van der Waals surface area contributed by atoms with E-state index in [1.165, 1.54) is 25.1 Å². The lowest BCUT2D eigenvalue weighted by molar-refractivity contribution is -0.385. The van der Waals surface area contributed by atoms with Gasteiger partial charge in [0.05, 0.1) is 22.4 Å². The molecule has 7 heteroatoms. The Morgan fingerprint density at radius 1 is 0.912 bits per heavy atom. The number of rotatable bonds is 6. The summed E-state index contributed by atoms with van der Waals surface area (Å²) in [5.74, 6) is -4.96. The molecule has 1 saturated carbocycles. The smallest absolute Gasteiger partial charge is 0.269 e. The lowest BCUT2D eigenvalue weighted by Crippen LogP contribution is -2.54. The summed E-state index contributed by atoms with van der Waals surface area (Å²) in [4.78, 5) is 51.5. The highest BCUT2D eigenvalue weighted by atomic mass is 16.6. The van der Waals surface area contributed by atoms with Gasteiger partial charge in [-0.1, -0.05) is 72.8 Å². The van der Waals surface area contributed by atoms with Gasteiger partial charge in [-0.25, -0.2) is 0 Å². The van der Waals surface area contributed by atoms with E-state index in [1.54, 1.807) is 66.7 Å². The highest BCUT2D eigenvalue weighted by Crippen LogP contribution is 2.48. The number of carbonyl (C=O) groups is 3. The number of nitrogens with zero attached hydrogens (tertiary/aromatic N) is 1. The van der Waals surface area contributed by atoms with E-state index in [1.807, 2.05) is 0 Å². The van der Waals surface area contributed by atoms with E-state index in [0.717, 1.165) is 0 Å². The fourth-order valence-electron chi connectivity index (χ4n) is 4.90. The van der Waals surface area contributed by atoms with E-state index in [-0.39, 0.29) is 17.7 Å². The summed E-state index contributed by atoms with van der Waals surface area (Å²) in [7, 11) is 0. The predicted molar refractivity (Wildman–Crippen MR) is 125 cm³/mol. The summed E-state index contributed by atoms with van der Waals surface area (Å²) >= 11 is 0. The highest BCUT2D eigenvalue weighted by Gasteiger charge is 2.55. The lowest BCUT2D eigenvalue weighted by atomic mass is 9.58. The summed E-state index contributed by atoms with van der Waals surface area (Å²) in [6, 6.07) is 22.2. The Morgan fingerprint density at radius 2 is 1.47 bits per heavy atom. The van der Waals surface area contributed by atoms with Gasteiger partial charge in [0.2, 0.25) is 0 Å². The third kappa shape index (κ3) is 4.30. The van der Waals surface area contributed by atoms with Crippen LogP contribution in [-0.2, 0) is 4.79 Å². The van der Waals surface area contributed by atoms with Crippen LogP contribution in [0.5, 0.6) is 0 Å². The zero-order valence-corrected chi connectivity index (χ0v) is 18.5. The van der Waals surface area contributed by atoms with E-state index in [9.17, 15) is 29.6 Å². The first kappa shape index (κ1) is 23.2. The van der Waals surface area contributed by atoms with Crippen LogP contribution in [0.1, 0.15) is 45.5 Å². The Labute approximate surface area is 196 Å². The zero-order valence-electron chi connectivity index (χ0n) is 18.5. The van der Waals surface area contributed by atoms with E-state index >= 15 is 0 Å². The van der Waals surface area contributed by atoms with Crippen LogP contribution >= 0.6 is 0 Å². The van der Waals surface area contributed by atoms with E-state index in [0.29, 0.717) is 11.1 Å².